The summed E-state index contributed by atoms with van der Waals surface area (Å²) in [7, 11) is 0. The van der Waals surface area contributed by atoms with Gasteiger partial charge in [-0.3, -0.25) is 0 Å². The van der Waals surface area contributed by atoms with Gasteiger partial charge in [0, 0.05) is 18.2 Å². The molecule has 4 heteroatoms. The van der Waals surface area contributed by atoms with Crippen LogP contribution in [0.3, 0.4) is 0 Å². The number of benzene rings is 2. The van der Waals surface area contributed by atoms with Crippen LogP contribution in [-0.2, 0) is 6.54 Å². The Labute approximate surface area is 121 Å². The Morgan fingerprint density at radius 1 is 1.05 bits per heavy atom. The molecule has 110 valence electrons. The van der Waals surface area contributed by atoms with Gasteiger partial charge < -0.3 is 5.32 Å². The van der Waals surface area contributed by atoms with E-state index in [4.69, 9.17) is 0 Å². The van der Waals surface area contributed by atoms with Crippen LogP contribution in [-0.4, -0.2) is 6.04 Å². The lowest BCUT2D eigenvalue weighted by Crippen LogP contribution is -2.16. The molecule has 0 atom stereocenters. The predicted octanol–water partition coefficient (Wildman–Crippen LogP) is 4.33. The van der Waals surface area contributed by atoms with E-state index in [9.17, 15) is 13.2 Å². The fourth-order valence-corrected chi connectivity index (χ4v) is 2.31. The summed E-state index contributed by atoms with van der Waals surface area (Å²) in [6.07, 6.45) is 2.25. The summed E-state index contributed by atoms with van der Waals surface area (Å²) < 4.78 is 42.0. The van der Waals surface area contributed by atoms with Crippen LogP contribution in [0.15, 0.2) is 30.3 Å². The normalized spacial score (nSPS) is 14.5. The zero-order valence-electron chi connectivity index (χ0n) is 11.7. The third-order valence-electron chi connectivity index (χ3n) is 3.78. The van der Waals surface area contributed by atoms with Crippen LogP contribution in [0.4, 0.5) is 13.2 Å². The summed E-state index contributed by atoms with van der Waals surface area (Å²) in [5, 5.41) is 3.22. The maximum atomic E-state index is 14.1. The van der Waals surface area contributed by atoms with E-state index in [1.54, 1.807) is 19.1 Å². The fraction of sp³-hybridized carbons (Fsp3) is 0.294. The molecule has 2 aromatic rings. The highest BCUT2D eigenvalue weighted by Crippen LogP contribution is 2.29. The van der Waals surface area contributed by atoms with E-state index in [2.05, 4.69) is 5.32 Å². The summed E-state index contributed by atoms with van der Waals surface area (Å²) in [6.45, 7) is 2.00. The van der Waals surface area contributed by atoms with Gasteiger partial charge in [-0.15, -0.1) is 0 Å². The van der Waals surface area contributed by atoms with E-state index in [0.29, 0.717) is 23.7 Å². The average molecular weight is 291 g/mol. The second-order valence-corrected chi connectivity index (χ2v) is 5.51. The highest BCUT2D eigenvalue weighted by atomic mass is 19.1. The third kappa shape index (κ3) is 2.95. The number of rotatable bonds is 4. The Hall–Kier alpha value is -1.81. The minimum absolute atomic E-state index is 0.171. The molecule has 1 N–H and O–H groups in total. The molecule has 0 bridgehead atoms. The monoisotopic (exact) mass is 291 g/mol. The Kier molecular flexibility index (Phi) is 3.72. The molecule has 0 spiro atoms. The topological polar surface area (TPSA) is 12.0 Å². The highest BCUT2D eigenvalue weighted by Gasteiger charge is 2.21. The quantitative estimate of drug-likeness (QED) is 0.884. The average Bonchev–Trinajstić information content (AvgIpc) is 3.27. The SMILES string of the molecule is Cc1ccc(F)c(-c2ccc(CNC3CC3)c(F)c2)c1F. The van der Waals surface area contributed by atoms with Crippen LogP contribution in [0, 0.1) is 24.4 Å². The molecule has 0 saturated heterocycles. The zero-order valence-corrected chi connectivity index (χ0v) is 11.7. The van der Waals surface area contributed by atoms with Crippen LogP contribution >= 0.6 is 0 Å². The van der Waals surface area contributed by atoms with E-state index in [-0.39, 0.29) is 11.1 Å². The maximum absolute atomic E-state index is 14.1. The lowest BCUT2D eigenvalue weighted by molar-refractivity contribution is 0.579. The van der Waals surface area contributed by atoms with Crippen molar-refractivity contribution in [3.8, 4) is 11.1 Å². The van der Waals surface area contributed by atoms with Gasteiger partial charge in [0.15, 0.2) is 0 Å². The van der Waals surface area contributed by atoms with Gasteiger partial charge in [0.05, 0.1) is 5.56 Å². The molecule has 0 aromatic heterocycles. The van der Waals surface area contributed by atoms with Gasteiger partial charge in [-0.25, -0.2) is 13.2 Å². The second-order valence-electron chi connectivity index (χ2n) is 5.51. The van der Waals surface area contributed by atoms with Gasteiger partial charge in [0.2, 0.25) is 0 Å². The molecule has 0 radical (unpaired) electrons. The number of halogens is 3. The van der Waals surface area contributed by atoms with Gasteiger partial charge in [0.25, 0.3) is 0 Å². The van der Waals surface area contributed by atoms with E-state index in [0.717, 1.165) is 12.8 Å². The molecule has 1 nitrogen and oxygen atoms in total. The lowest BCUT2D eigenvalue weighted by Gasteiger charge is -2.10. The first kappa shape index (κ1) is 14.1. The van der Waals surface area contributed by atoms with E-state index >= 15 is 0 Å². The Bertz CT molecular complexity index is 678. The largest absolute Gasteiger partial charge is 0.310 e. The van der Waals surface area contributed by atoms with Crippen molar-refractivity contribution < 1.29 is 13.2 Å². The van der Waals surface area contributed by atoms with Crippen molar-refractivity contribution in [1.82, 2.24) is 5.32 Å². The smallest absolute Gasteiger partial charge is 0.136 e. The van der Waals surface area contributed by atoms with Crippen molar-refractivity contribution in [2.75, 3.05) is 0 Å². The van der Waals surface area contributed by atoms with Gasteiger partial charge >= 0.3 is 0 Å². The molecule has 1 fully saturated rings. The standard InChI is InChI=1S/C17H16F3N/c1-10-2-7-14(18)16(17(10)20)11-3-4-12(15(19)8-11)9-21-13-5-6-13/h2-4,7-8,13,21H,5-6,9H2,1H3. The summed E-state index contributed by atoms with van der Waals surface area (Å²) in [5.74, 6) is -1.76. The van der Waals surface area contributed by atoms with Crippen molar-refractivity contribution >= 4 is 0 Å². The van der Waals surface area contributed by atoms with Gasteiger partial charge in [-0.05, 0) is 43.0 Å². The van der Waals surface area contributed by atoms with Crippen LogP contribution in [0.25, 0.3) is 11.1 Å². The Balaban J connectivity index is 1.92. The van der Waals surface area contributed by atoms with Crippen LogP contribution in [0.1, 0.15) is 24.0 Å². The molecule has 2 aromatic carbocycles. The number of hydrogen-bond acceptors (Lipinski definition) is 1. The summed E-state index contributed by atoms with van der Waals surface area (Å²) in [6, 6.07) is 7.41. The van der Waals surface area contributed by atoms with Crippen LogP contribution < -0.4 is 5.32 Å². The van der Waals surface area contributed by atoms with Crippen molar-refractivity contribution in [1.29, 1.82) is 0 Å². The number of nitrogens with one attached hydrogen (secondary N) is 1. The molecule has 0 unspecified atom stereocenters. The van der Waals surface area contributed by atoms with Gasteiger partial charge in [0.1, 0.15) is 17.5 Å². The van der Waals surface area contributed by atoms with E-state index < -0.39 is 17.5 Å². The molecule has 1 aliphatic rings. The number of hydrogen-bond donors (Lipinski definition) is 1. The minimum Gasteiger partial charge on any atom is -0.310 e. The molecular formula is C17H16F3N. The van der Waals surface area contributed by atoms with Crippen molar-refractivity contribution in [3.63, 3.8) is 0 Å². The Morgan fingerprint density at radius 3 is 2.48 bits per heavy atom. The Morgan fingerprint density at radius 2 is 1.81 bits per heavy atom. The highest BCUT2D eigenvalue weighted by molar-refractivity contribution is 5.66. The van der Waals surface area contributed by atoms with Crippen molar-refractivity contribution in [2.24, 2.45) is 0 Å². The van der Waals surface area contributed by atoms with E-state index in [1.807, 2.05) is 0 Å². The third-order valence-corrected chi connectivity index (χ3v) is 3.78. The van der Waals surface area contributed by atoms with Crippen molar-refractivity contribution in [3.05, 3.63) is 58.9 Å². The first-order valence-electron chi connectivity index (χ1n) is 7.03. The fourth-order valence-electron chi connectivity index (χ4n) is 2.31. The molecular weight excluding hydrogens is 275 g/mol. The van der Waals surface area contributed by atoms with Crippen LogP contribution in [0.5, 0.6) is 0 Å². The molecule has 0 amide bonds. The van der Waals surface area contributed by atoms with Gasteiger partial charge in [-0.1, -0.05) is 18.2 Å². The lowest BCUT2D eigenvalue weighted by atomic mass is 10.00. The predicted molar refractivity (Wildman–Crippen MR) is 76.4 cm³/mol. The van der Waals surface area contributed by atoms with Crippen molar-refractivity contribution in [2.45, 2.75) is 32.4 Å². The van der Waals surface area contributed by atoms with Crippen LogP contribution in [0.2, 0.25) is 0 Å². The number of aryl methyl sites for hydroxylation is 1. The molecule has 0 aliphatic heterocycles. The summed E-state index contributed by atoms with van der Waals surface area (Å²) >= 11 is 0. The molecule has 21 heavy (non-hydrogen) atoms. The van der Waals surface area contributed by atoms with Gasteiger partial charge in [-0.2, -0.15) is 0 Å². The molecule has 3 rings (SSSR count). The first-order chi connectivity index (χ1) is 10.1. The minimum atomic E-state index is -0.679. The first-order valence-corrected chi connectivity index (χ1v) is 7.03. The summed E-state index contributed by atoms with van der Waals surface area (Å²) in [4.78, 5) is 0. The molecule has 0 heterocycles. The molecule has 1 saturated carbocycles. The summed E-state index contributed by atoms with van der Waals surface area (Å²) in [5.41, 5.74) is 0.905. The molecule has 1 aliphatic carbocycles. The van der Waals surface area contributed by atoms with E-state index in [1.165, 1.54) is 18.2 Å². The second kappa shape index (κ2) is 5.53. The maximum Gasteiger partial charge on any atom is 0.136 e. The zero-order chi connectivity index (χ0) is 15.0.